The Labute approximate surface area is 103 Å². The Morgan fingerprint density at radius 3 is 2.71 bits per heavy atom. The first kappa shape index (κ1) is 13.3. The van der Waals surface area contributed by atoms with Gasteiger partial charge in [0.25, 0.3) is 0 Å². The zero-order chi connectivity index (χ0) is 12.8. The number of anilines is 1. The lowest BCUT2D eigenvalue weighted by Gasteiger charge is -2.09. The van der Waals surface area contributed by atoms with Gasteiger partial charge in [0.1, 0.15) is 0 Å². The second kappa shape index (κ2) is 6.07. The number of amides is 2. The van der Waals surface area contributed by atoms with Gasteiger partial charge in [-0.25, -0.2) is 9.59 Å². The number of carbonyl (C=O) groups excluding carboxylic acids is 1. The maximum atomic E-state index is 11.3. The molecule has 17 heavy (non-hydrogen) atoms. The number of carbonyl (C=O) groups is 2. The molecule has 0 aliphatic rings. The number of benzene rings is 1. The van der Waals surface area contributed by atoms with Crippen LogP contribution >= 0.6 is 11.6 Å². The van der Waals surface area contributed by atoms with Crippen LogP contribution in [0.1, 0.15) is 10.4 Å². The van der Waals surface area contributed by atoms with Crippen molar-refractivity contribution in [3.05, 3.63) is 28.8 Å². The minimum atomic E-state index is -1.17. The lowest BCUT2D eigenvalue weighted by Crippen LogP contribution is -2.33. The highest BCUT2D eigenvalue weighted by Crippen LogP contribution is 2.20. The molecule has 0 aliphatic heterocycles. The molecular formula is C10H12ClN3O3. The number of halogens is 1. The Morgan fingerprint density at radius 1 is 1.41 bits per heavy atom. The van der Waals surface area contributed by atoms with E-state index in [4.69, 9.17) is 22.4 Å². The fraction of sp³-hybridized carbons (Fsp3) is 0.200. The molecule has 0 saturated heterocycles. The number of hydrogen-bond donors (Lipinski definition) is 4. The molecule has 0 bridgehead atoms. The fourth-order valence-electron chi connectivity index (χ4n) is 1.15. The van der Waals surface area contributed by atoms with Gasteiger partial charge in [-0.1, -0.05) is 11.6 Å². The predicted molar refractivity (Wildman–Crippen MR) is 64.5 cm³/mol. The van der Waals surface area contributed by atoms with E-state index in [0.717, 1.165) is 0 Å². The molecular weight excluding hydrogens is 246 g/mol. The second-order valence-corrected chi connectivity index (χ2v) is 3.60. The number of nitrogens with one attached hydrogen (secondary N) is 2. The Balaban J connectivity index is 2.83. The number of carboxylic acids is 1. The van der Waals surface area contributed by atoms with E-state index >= 15 is 0 Å². The lowest BCUT2D eigenvalue weighted by atomic mass is 10.2. The number of aromatic carboxylic acids is 1. The lowest BCUT2D eigenvalue weighted by molar-refractivity contribution is 0.0698. The molecule has 7 heteroatoms. The largest absolute Gasteiger partial charge is 0.478 e. The molecule has 92 valence electrons. The van der Waals surface area contributed by atoms with E-state index < -0.39 is 12.0 Å². The van der Waals surface area contributed by atoms with Crippen molar-refractivity contribution in [2.24, 2.45) is 5.73 Å². The van der Waals surface area contributed by atoms with E-state index in [0.29, 0.717) is 13.1 Å². The Morgan fingerprint density at radius 2 is 2.12 bits per heavy atom. The smallest absolute Gasteiger partial charge is 0.337 e. The van der Waals surface area contributed by atoms with Crippen LogP contribution in [0.15, 0.2) is 18.2 Å². The van der Waals surface area contributed by atoms with Crippen LogP contribution < -0.4 is 16.4 Å². The maximum Gasteiger partial charge on any atom is 0.337 e. The molecule has 2 amide bonds. The minimum absolute atomic E-state index is 0.0691. The van der Waals surface area contributed by atoms with Gasteiger partial charge in [-0.05, 0) is 18.2 Å². The average molecular weight is 258 g/mol. The highest BCUT2D eigenvalue weighted by atomic mass is 35.5. The maximum absolute atomic E-state index is 11.3. The van der Waals surface area contributed by atoms with Crippen LogP contribution in [0.4, 0.5) is 10.5 Å². The number of urea groups is 1. The Bertz CT molecular complexity index is 437. The molecule has 0 aliphatic carbocycles. The summed E-state index contributed by atoms with van der Waals surface area (Å²) in [4.78, 5) is 22.2. The molecule has 1 aromatic carbocycles. The number of rotatable bonds is 4. The van der Waals surface area contributed by atoms with Gasteiger partial charge in [-0.2, -0.15) is 0 Å². The molecule has 0 spiro atoms. The molecule has 5 N–H and O–H groups in total. The summed E-state index contributed by atoms with van der Waals surface area (Å²) in [6, 6.07) is 3.67. The van der Waals surface area contributed by atoms with Gasteiger partial charge in [0.05, 0.1) is 11.3 Å². The summed E-state index contributed by atoms with van der Waals surface area (Å²) in [5.74, 6) is -1.17. The van der Waals surface area contributed by atoms with Gasteiger partial charge >= 0.3 is 12.0 Å². The molecule has 1 aromatic rings. The zero-order valence-electron chi connectivity index (χ0n) is 8.87. The number of hydrogen-bond acceptors (Lipinski definition) is 3. The van der Waals surface area contributed by atoms with Crippen LogP contribution in [-0.2, 0) is 0 Å². The van der Waals surface area contributed by atoms with E-state index in [1.165, 1.54) is 18.2 Å². The van der Waals surface area contributed by atoms with Crippen molar-refractivity contribution in [3.8, 4) is 0 Å². The third kappa shape index (κ3) is 3.93. The molecule has 0 fully saturated rings. The molecule has 0 aromatic heterocycles. The van der Waals surface area contributed by atoms with Crippen molar-refractivity contribution < 1.29 is 14.7 Å². The van der Waals surface area contributed by atoms with Gasteiger partial charge in [0, 0.05) is 18.1 Å². The predicted octanol–water partition coefficient (Wildman–Crippen LogP) is 1.12. The van der Waals surface area contributed by atoms with Crippen LogP contribution in [0.25, 0.3) is 0 Å². The summed E-state index contributed by atoms with van der Waals surface area (Å²) in [6.07, 6.45) is 0. The van der Waals surface area contributed by atoms with Crippen molar-refractivity contribution in [1.29, 1.82) is 0 Å². The van der Waals surface area contributed by atoms with E-state index in [-0.39, 0.29) is 16.3 Å². The summed E-state index contributed by atoms with van der Waals surface area (Å²) in [5, 5.41) is 14.1. The summed E-state index contributed by atoms with van der Waals surface area (Å²) >= 11 is 5.67. The van der Waals surface area contributed by atoms with E-state index in [2.05, 4.69) is 10.6 Å². The first-order valence-electron chi connectivity index (χ1n) is 4.82. The highest BCUT2D eigenvalue weighted by Gasteiger charge is 2.12. The van der Waals surface area contributed by atoms with Crippen molar-refractivity contribution in [2.75, 3.05) is 18.4 Å². The van der Waals surface area contributed by atoms with Gasteiger partial charge in [-0.15, -0.1) is 0 Å². The van der Waals surface area contributed by atoms with Gasteiger partial charge in [0.2, 0.25) is 0 Å². The zero-order valence-corrected chi connectivity index (χ0v) is 9.62. The summed E-state index contributed by atoms with van der Waals surface area (Å²) < 4.78 is 0. The third-order valence-electron chi connectivity index (χ3n) is 1.89. The van der Waals surface area contributed by atoms with Crippen LogP contribution in [0, 0.1) is 0 Å². The molecule has 0 heterocycles. The van der Waals surface area contributed by atoms with E-state index in [9.17, 15) is 9.59 Å². The molecule has 6 nitrogen and oxygen atoms in total. The number of carboxylic acid groups (broad SMARTS) is 1. The highest BCUT2D eigenvalue weighted by molar-refractivity contribution is 6.31. The van der Waals surface area contributed by atoms with Gasteiger partial charge in [-0.3, -0.25) is 0 Å². The Kier molecular flexibility index (Phi) is 4.74. The summed E-state index contributed by atoms with van der Waals surface area (Å²) in [5.41, 5.74) is 5.32. The van der Waals surface area contributed by atoms with Gasteiger partial charge < -0.3 is 21.5 Å². The fourth-order valence-corrected chi connectivity index (χ4v) is 1.33. The minimum Gasteiger partial charge on any atom is -0.478 e. The number of nitrogens with two attached hydrogens (primary N) is 1. The van der Waals surface area contributed by atoms with Crippen molar-refractivity contribution in [1.82, 2.24) is 5.32 Å². The van der Waals surface area contributed by atoms with Crippen LogP contribution in [0.5, 0.6) is 0 Å². The first-order chi connectivity index (χ1) is 8.04. The standard InChI is InChI=1S/C10H12ClN3O3/c11-6-1-2-8(7(5-6)9(15)16)14-10(17)13-4-3-12/h1-2,5H,3-4,12H2,(H,15,16)(H2,13,14,17). The molecule has 0 saturated carbocycles. The van der Waals surface area contributed by atoms with Crippen LogP contribution in [0.2, 0.25) is 5.02 Å². The normalized spacial score (nSPS) is 9.76. The third-order valence-corrected chi connectivity index (χ3v) is 2.13. The molecule has 0 atom stereocenters. The molecule has 0 unspecified atom stereocenters. The first-order valence-corrected chi connectivity index (χ1v) is 5.20. The summed E-state index contributed by atoms with van der Waals surface area (Å²) in [6.45, 7) is 0.613. The second-order valence-electron chi connectivity index (χ2n) is 3.16. The quantitative estimate of drug-likeness (QED) is 0.649. The SMILES string of the molecule is NCCNC(=O)Nc1ccc(Cl)cc1C(=O)O. The van der Waals surface area contributed by atoms with Crippen molar-refractivity contribution >= 4 is 29.3 Å². The molecule has 1 rings (SSSR count). The van der Waals surface area contributed by atoms with Crippen molar-refractivity contribution in [2.45, 2.75) is 0 Å². The topological polar surface area (TPSA) is 104 Å². The monoisotopic (exact) mass is 257 g/mol. The van der Waals surface area contributed by atoms with E-state index in [1.807, 2.05) is 0 Å². The summed E-state index contributed by atoms with van der Waals surface area (Å²) in [7, 11) is 0. The van der Waals surface area contributed by atoms with Crippen LogP contribution in [0.3, 0.4) is 0 Å². The molecule has 0 radical (unpaired) electrons. The van der Waals surface area contributed by atoms with Crippen molar-refractivity contribution in [3.63, 3.8) is 0 Å². The Hall–Kier alpha value is -1.79. The van der Waals surface area contributed by atoms with E-state index in [1.54, 1.807) is 0 Å². The van der Waals surface area contributed by atoms with Gasteiger partial charge in [0.15, 0.2) is 0 Å². The average Bonchev–Trinajstić information content (AvgIpc) is 2.28. The van der Waals surface area contributed by atoms with Crippen LogP contribution in [-0.4, -0.2) is 30.2 Å².